The van der Waals surface area contributed by atoms with E-state index in [4.69, 9.17) is 10.5 Å². The van der Waals surface area contributed by atoms with Crippen LogP contribution in [0.25, 0.3) is 0 Å². The van der Waals surface area contributed by atoms with Crippen LogP contribution < -0.4 is 5.73 Å². The Morgan fingerprint density at radius 3 is 2.67 bits per heavy atom. The summed E-state index contributed by atoms with van der Waals surface area (Å²) in [6.07, 6.45) is 0. The van der Waals surface area contributed by atoms with Crippen molar-refractivity contribution in [3.63, 3.8) is 0 Å². The molecule has 1 rings (SSSR count). The number of nitrogens with zero attached hydrogens (tertiary/aromatic N) is 1. The highest BCUT2D eigenvalue weighted by atomic mass is 16.5. The molecule has 1 aliphatic heterocycles. The first-order valence-corrected chi connectivity index (χ1v) is 4.19. The van der Waals surface area contributed by atoms with Crippen LogP contribution in [0.5, 0.6) is 0 Å². The van der Waals surface area contributed by atoms with Gasteiger partial charge in [-0.25, -0.2) is 0 Å². The van der Waals surface area contributed by atoms with E-state index in [-0.39, 0.29) is 18.1 Å². The molecule has 0 spiro atoms. The second kappa shape index (κ2) is 3.41. The van der Waals surface area contributed by atoms with Gasteiger partial charge in [0.1, 0.15) is 6.61 Å². The van der Waals surface area contributed by atoms with E-state index in [0.29, 0.717) is 19.7 Å². The van der Waals surface area contributed by atoms with Crippen molar-refractivity contribution in [2.75, 3.05) is 26.3 Å². The average molecular weight is 172 g/mol. The second-order valence-electron chi connectivity index (χ2n) is 3.54. The summed E-state index contributed by atoms with van der Waals surface area (Å²) in [5.41, 5.74) is 5.56. The van der Waals surface area contributed by atoms with Crippen LogP contribution in [-0.4, -0.2) is 42.6 Å². The number of ether oxygens (including phenoxy) is 1. The van der Waals surface area contributed by atoms with E-state index in [1.807, 2.05) is 13.8 Å². The van der Waals surface area contributed by atoms with E-state index in [0.717, 1.165) is 0 Å². The molecule has 0 aromatic carbocycles. The van der Waals surface area contributed by atoms with Gasteiger partial charge in [-0.2, -0.15) is 0 Å². The van der Waals surface area contributed by atoms with E-state index in [9.17, 15) is 4.79 Å². The van der Waals surface area contributed by atoms with Gasteiger partial charge in [0.05, 0.1) is 0 Å². The first-order chi connectivity index (χ1) is 5.55. The van der Waals surface area contributed by atoms with Crippen molar-refractivity contribution in [2.24, 2.45) is 5.73 Å². The van der Waals surface area contributed by atoms with Crippen LogP contribution in [0.2, 0.25) is 0 Å². The maximum absolute atomic E-state index is 11.2. The van der Waals surface area contributed by atoms with Gasteiger partial charge in [-0.15, -0.1) is 0 Å². The molecule has 0 unspecified atom stereocenters. The van der Waals surface area contributed by atoms with Crippen molar-refractivity contribution in [1.29, 1.82) is 0 Å². The van der Waals surface area contributed by atoms with E-state index in [1.54, 1.807) is 4.90 Å². The minimum absolute atomic E-state index is 0.0415. The smallest absolute Gasteiger partial charge is 0.248 e. The summed E-state index contributed by atoms with van der Waals surface area (Å²) in [4.78, 5) is 12.9. The molecular formula is C8H16N2O2. The molecule has 12 heavy (non-hydrogen) atoms. The third-order valence-electron chi connectivity index (χ3n) is 1.89. The molecule has 1 saturated heterocycles. The van der Waals surface area contributed by atoms with Gasteiger partial charge in [0.15, 0.2) is 0 Å². The number of carbonyl (C=O) groups excluding carboxylic acids is 1. The molecule has 4 nitrogen and oxygen atoms in total. The molecule has 0 aromatic heterocycles. The van der Waals surface area contributed by atoms with Crippen LogP contribution in [0.15, 0.2) is 0 Å². The van der Waals surface area contributed by atoms with Gasteiger partial charge in [-0.1, -0.05) is 0 Å². The highest BCUT2D eigenvalue weighted by molar-refractivity contribution is 5.78. The lowest BCUT2D eigenvalue weighted by molar-refractivity contribution is -0.142. The summed E-state index contributed by atoms with van der Waals surface area (Å²) >= 11 is 0. The lowest BCUT2D eigenvalue weighted by Gasteiger charge is -2.45. The number of amides is 1. The molecular weight excluding hydrogens is 156 g/mol. The van der Waals surface area contributed by atoms with E-state index in [2.05, 4.69) is 0 Å². The quantitative estimate of drug-likeness (QED) is 0.629. The maximum atomic E-state index is 11.2. The number of rotatable bonds is 3. The summed E-state index contributed by atoms with van der Waals surface area (Å²) < 4.78 is 4.99. The van der Waals surface area contributed by atoms with Crippen LogP contribution >= 0.6 is 0 Å². The van der Waals surface area contributed by atoms with Gasteiger partial charge in [0.25, 0.3) is 0 Å². The van der Waals surface area contributed by atoms with Crippen molar-refractivity contribution in [1.82, 2.24) is 4.90 Å². The third kappa shape index (κ3) is 2.19. The minimum atomic E-state index is -0.179. The molecule has 2 N–H and O–H groups in total. The van der Waals surface area contributed by atoms with Crippen LogP contribution in [0.3, 0.4) is 0 Å². The predicted octanol–water partition coefficient (Wildman–Crippen LogP) is -0.417. The molecule has 1 aliphatic rings. The molecule has 70 valence electrons. The fourth-order valence-electron chi connectivity index (χ4n) is 1.28. The largest absolute Gasteiger partial charge is 0.372 e. The average Bonchev–Trinajstić information content (AvgIpc) is 1.95. The zero-order valence-corrected chi connectivity index (χ0v) is 7.67. The fourth-order valence-corrected chi connectivity index (χ4v) is 1.28. The Morgan fingerprint density at radius 1 is 1.67 bits per heavy atom. The molecule has 0 atom stereocenters. The number of hydrogen-bond acceptors (Lipinski definition) is 3. The molecule has 1 fully saturated rings. The maximum Gasteiger partial charge on any atom is 0.248 e. The SMILES string of the molecule is CCOCC(=O)N1CC(C)(N)C1. The molecule has 1 heterocycles. The fraction of sp³-hybridized carbons (Fsp3) is 0.875. The van der Waals surface area contributed by atoms with Crippen LogP contribution in [0.1, 0.15) is 13.8 Å². The molecule has 1 amide bonds. The molecule has 0 saturated carbocycles. The number of nitrogens with two attached hydrogens (primary N) is 1. The highest BCUT2D eigenvalue weighted by Gasteiger charge is 2.37. The summed E-state index contributed by atoms with van der Waals surface area (Å²) in [5, 5.41) is 0. The minimum Gasteiger partial charge on any atom is -0.372 e. The van der Waals surface area contributed by atoms with Gasteiger partial charge in [-0.05, 0) is 13.8 Å². The van der Waals surface area contributed by atoms with E-state index in [1.165, 1.54) is 0 Å². The first kappa shape index (κ1) is 9.48. The second-order valence-corrected chi connectivity index (χ2v) is 3.54. The third-order valence-corrected chi connectivity index (χ3v) is 1.89. The number of carbonyl (C=O) groups is 1. The van der Waals surface area contributed by atoms with Gasteiger partial charge < -0.3 is 15.4 Å². The van der Waals surface area contributed by atoms with E-state index >= 15 is 0 Å². The van der Waals surface area contributed by atoms with Crippen LogP contribution in [-0.2, 0) is 9.53 Å². The number of likely N-dealkylation sites (tertiary alicyclic amines) is 1. The van der Waals surface area contributed by atoms with Gasteiger partial charge in [0.2, 0.25) is 5.91 Å². The Balaban J connectivity index is 2.19. The van der Waals surface area contributed by atoms with Gasteiger partial charge in [-0.3, -0.25) is 4.79 Å². The summed E-state index contributed by atoms with van der Waals surface area (Å²) in [7, 11) is 0. The Hall–Kier alpha value is -0.610. The van der Waals surface area contributed by atoms with Crippen molar-refractivity contribution in [3.8, 4) is 0 Å². The normalized spacial score (nSPS) is 20.4. The number of hydrogen-bond donors (Lipinski definition) is 1. The summed E-state index contributed by atoms with van der Waals surface area (Å²) in [6.45, 7) is 5.89. The Morgan fingerprint density at radius 2 is 2.25 bits per heavy atom. The molecule has 0 radical (unpaired) electrons. The zero-order chi connectivity index (χ0) is 9.19. The van der Waals surface area contributed by atoms with E-state index < -0.39 is 0 Å². The lowest BCUT2D eigenvalue weighted by atomic mass is 9.94. The van der Waals surface area contributed by atoms with Gasteiger partial charge in [0, 0.05) is 25.2 Å². The molecule has 4 heteroatoms. The molecule has 0 bridgehead atoms. The van der Waals surface area contributed by atoms with Crippen molar-refractivity contribution in [3.05, 3.63) is 0 Å². The van der Waals surface area contributed by atoms with Crippen molar-refractivity contribution in [2.45, 2.75) is 19.4 Å². The topological polar surface area (TPSA) is 55.6 Å². The monoisotopic (exact) mass is 172 g/mol. The molecule has 0 aliphatic carbocycles. The lowest BCUT2D eigenvalue weighted by Crippen LogP contribution is -2.67. The zero-order valence-electron chi connectivity index (χ0n) is 7.67. The highest BCUT2D eigenvalue weighted by Crippen LogP contribution is 2.16. The Kier molecular flexibility index (Phi) is 2.69. The first-order valence-electron chi connectivity index (χ1n) is 4.19. The Bertz CT molecular complexity index is 172. The molecule has 0 aromatic rings. The van der Waals surface area contributed by atoms with Crippen molar-refractivity contribution < 1.29 is 9.53 Å². The standard InChI is InChI=1S/C8H16N2O2/c1-3-12-4-7(11)10-5-8(2,9)6-10/h3-6,9H2,1-2H3. The van der Waals surface area contributed by atoms with Gasteiger partial charge >= 0.3 is 0 Å². The summed E-state index contributed by atoms with van der Waals surface area (Å²) in [6, 6.07) is 0. The Labute approximate surface area is 72.7 Å². The van der Waals surface area contributed by atoms with Crippen molar-refractivity contribution >= 4 is 5.91 Å². The van der Waals surface area contributed by atoms with Crippen LogP contribution in [0.4, 0.5) is 0 Å². The predicted molar refractivity (Wildman–Crippen MR) is 45.7 cm³/mol. The van der Waals surface area contributed by atoms with Crippen LogP contribution in [0, 0.1) is 0 Å². The summed E-state index contributed by atoms with van der Waals surface area (Å²) in [5.74, 6) is 0.0415.